The standard InChI is InChI=1S/C17H11N3O3S/c21-15-13(9-5-1-2-6-10(9)18-15)14(16(22)23)24-17-19-11-7-3-4-8-12(11)20-17/h1-8H,(H,18,21)(H,19,20)(H,22,23)/b14-13+. The van der Waals surface area contributed by atoms with Gasteiger partial charge in [-0.3, -0.25) is 4.79 Å². The number of imidazole rings is 1. The van der Waals surface area contributed by atoms with Gasteiger partial charge in [-0.2, -0.15) is 0 Å². The molecule has 1 aliphatic heterocycles. The monoisotopic (exact) mass is 337 g/mol. The highest BCUT2D eigenvalue weighted by Crippen LogP contribution is 2.39. The molecule has 1 amide bonds. The lowest BCUT2D eigenvalue weighted by Gasteiger charge is -2.04. The lowest BCUT2D eigenvalue weighted by Crippen LogP contribution is -2.09. The number of benzene rings is 2. The molecule has 0 radical (unpaired) electrons. The maximum Gasteiger partial charge on any atom is 0.343 e. The number of carbonyl (C=O) groups is 2. The van der Waals surface area contributed by atoms with Crippen LogP contribution in [-0.4, -0.2) is 27.0 Å². The number of H-pyrrole nitrogens is 1. The van der Waals surface area contributed by atoms with Crippen molar-refractivity contribution < 1.29 is 14.7 Å². The van der Waals surface area contributed by atoms with E-state index < -0.39 is 11.9 Å². The first-order valence-corrected chi connectivity index (χ1v) is 7.96. The molecule has 0 aliphatic carbocycles. The van der Waals surface area contributed by atoms with Gasteiger partial charge in [0.15, 0.2) is 5.16 Å². The van der Waals surface area contributed by atoms with Crippen molar-refractivity contribution in [3.05, 3.63) is 59.0 Å². The number of rotatable bonds is 3. The largest absolute Gasteiger partial charge is 0.477 e. The van der Waals surface area contributed by atoms with Crippen LogP contribution in [0.15, 0.2) is 58.6 Å². The van der Waals surface area contributed by atoms with E-state index in [-0.39, 0.29) is 10.5 Å². The highest BCUT2D eigenvalue weighted by molar-refractivity contribution is 8.04. The number of anilines is 1. The number of hydrogen-bond donors (Lipinski definition) is 3. The SMILES string of the molecule is O=C(O)/C(Sc1nc2ccccc2[nH]1)=C1\C(=O)Nc2ccccc21. The fourth-order valence-corrected chi connectivity index (χ4v) is 3.51. The topological polar surface area (TPSA) is 95.1 Å². The van der Waals surface area contributed by atoms with E-state index in [0.717, 1.165) is 22.8 Å². The van der Waals surface area contributed by atoms with Gasteiger partial charge in [-0.15, -0.1) is 0 Å². The maximum atomic E-state index is 12.3. The Bertz CT molecular complexity index is 990. The Kier molecular flexibility index (Phi) is 3.35. The Balaban J connectivity index is 1.83. The zero-order valence-corrected chi connectivity index (χ0v) is 13.1. The molecule has 6 nitrogen and oxygen atoms in total. The molecule has 2 heterocycles. The number of thioether (sulfide) groups is 1. The third kappa shape index (κ3) is 2.35. The first-order chi connectivity index (χ1) is 11.6. The molecule has 118 valence electrons. The number of amides is 1. The second-order valence-electron chi connectivity index (χ2n) is 5.17. The van der Waals surface area contributed by atoms with Crippen LogP contribution in [0.1, 0.15) is 5.56 Å². The Hall–Kier alpha value is -3.06. The quantitative estimate of drug-likeness (QED) is 0.504. The minimum Gasteiger partial charge on any atom is -0.477 e. The molecule has 2 aromatic carbocycles. The van der Waals surface area contributed by atoms with Gasteiger partial charge in [0.25, 0.3) is 5.91 Å². The van der Waals surface area contributed by atoms with Gasteiger partial charge >= 0.3 is 5.97 Å². The van der Waals surface area contributed by atoms with Crippen molar-refractivity contribution in [1.82, 2.24) is 9.97 Å². The summed E-state index contributed by atoms with van der Waals surface area (Å²) in [4.78, 5) is 31.4. The van der Waals surface area contributed by atoms with Gasteiger partial charge in [0.2, 0.25) is 0 Å². The number of fused-ring (bicyclic) bond motifs is 2. The maximum absolute atomic E-state index is 12.3. The molecule has 24 heavy (non-hydrogen) atoms. The van der Waals surface area contributed by atoms with E-state index in [1.165, 1.54) is 0 Å². The molecule has 0 saturated carbocycles. The predicted octanol–water partition coefficient (Wildman–Crippen LogP) is 3.10. The van der Waals surface area contributed by atoms with Crippen LogP contribution in [0.4, 0.5) is 5.69 Å². The van der Waals surface area contributed by atoms with E-state index in [1.807, 2.05) is 24.3 Å². The second kappa shape index (κ2) is 5.54. The number of aromatic amines is 1. The highest BCUT2D eigenvalue weighted by Gasteiger charge is 2.31. The van der Waals surface area contributed by atoms with Crippen molar-refractivity contribution in [1.29, 1.82) is 0 Å². The van der Waals surface area contributed by atoms with E-state index >= 15 is 0 Å². The fourth-order valence-electron chi connectivity index (χ4n) is 2.62. The third-order valence-electron chi connectivity index (χ3n) is 3.66. The summed E-state index contributed by atoms with van der Waals surface area (Å²) < 4.78 is 0. The van der Waals surface area contributed by atoms with Crippen LogP contribution < -0.4 is 5.32 Å². The number of nitrogens with one attached hydrogen (secondary N) is 2. The van der Waals surface area contributed by atoms with E-state index in [1.54, 1.807) is 24.3 Å². The van der Waals surface area contributed by atoms with Crippen LogP contribution in [0.3, 0.4) is 0 Å². The smallest absolute Gasteiger partial charge is 0.343 e. The molecule has 4 rings (SSSR count). The Morgan fingerprint density at radius 2 is 1.83 bits per heavy atom. The van der Waals surface area contributed by atoms with Crippen LogP contribution in [0, 0.1) is 0 Å². The van der Waals surface area contributed by atoms with Crippen molar-refractivity contribution in [2.24, 2.45) is 0 Å². The summed E-state index contributed by atoms with van der Waals surface area (Å²) >= 11 is 0.940. The average Bonchev–Trinajstić information content (AvgIpc) is 3.11. The van der Waals surface area contributed by atoms with E-state index in [2.05, 4.69) is 15.3 Å². The first kappa shape index (κ1) is 14.5. The van der Waals surface area contributed by atoms with Gasteiger partial charge in [-0.25, -0.2) is 9.78 Å². The van der Waals surface area contributed by atoms with Gasteiger partial charge in [-0.1, -0.05) is 30.3 Å². The van der Waals surface area contributed by atoms with Gasteiger partial charge < -0.3 is 15.4 Å². The first-order valence-electron chi connectivity index (χ1n) is 7.14. The molecule has 0 spiro atoms. The van der Waals surface area contributed by atoms with Crippen molar-refractivity contribution in [2.45, 2.75) is 5.16 Å². The molecule has 1 aromatic heterocycles. The summed E-state index contributed by atoms with van der Waals surface area (Å²) in [5, 5.41) is 12.7. The summed E-state index contributed by atoms with van der Waals surface area (Å²) in [6.45, 7) is 0. The van der Waals surface area contributed by atoms with Crippen LogP contribution in [0.25, 0.3) is 16.6 Å². The summed E-state index contributed by atoms with van der Waals surface area (Å²) in [5.41, 5.74) is 2.91. The summed E-state index contributed by atoms with van der Waals surface area (Å²) in [6.07, 6.45) is 0. The molecular formula is C17H11N3O3S. The molecule has 3 N–H and O–H groups in total. The van der Waals surface area contributed by atoms with Crippen LogP contribution in [-0.2, 0) is 9.59 Å². The van der Waals surface area contributed by atoms with E-state index in [0.29, 0.717) is 16.4 Å². The lowest BCUT2D eigenvalue weighted by molar-refractivity contribution is -0.131. The van der Waals surface area contributed by atoms with Crippen molar-refractivity contribution >= 4 is 45.9 Å². The number of carboxylic acids is 1. The van der Waals surface area contributed by atoms with Gasteiger partial charge in [0.05, 0.1) is 16.6 Å². The van der Waals surface area contributed by atoms with Gasteiger partial charge in [0, 0.05) is 11.3 Å². The molecule has 3 aromatic rings. The number of aromatic nitrogens is 2. The van der Waals surface area contributed by atoms with Crippen molar-refractivity contribution in [2.75, 3.05) is 5.32 Å². The summed E-state index contributed by atoms with van der Waals surface area (Å²) in [6, 6.07) is 14.4. The minimum absolute atomic E-state index is 0.0588. The molecule has 0 fully saturated rings. The summed E-state index contributed by atoms with van der Waals surface area (Å²) in [7, 11) is 0. The summed E-state index contributed by atoms with van der Waals surface area (Å²) in [5.74, 6) is -1.58. The third-order valence-corrected chi connectivity index (χ3v) is 4.63. The number of carbonyl (C=O) groups excluding carboxylic acids is 1. The fraction of sp³-hybridized carbons (Fsp3) is 0. The van der Waals surface area contributed by atoms with Crippen LogP contribution in [0.5, 0.6) is 0 Å². The normalized spacial score (nSPS) is 15.2. The number of para-hydroxylation sites is 3. The Morgan fingerprint density at radius 3 is 2.62 bits per heavy atom. The molecule has 0 atom stereocenters. The number of nitrogens with zero attached hydrogens (tertiary/aromatic N) is 1. The number of aliphatic carboxylic acids is 1. The number of hydrogen-bond acceptors (Lipinski definition) is 4. The van der Waals surface area contributed by atoms with Crippen molar-refractivity contribution in [3.8, 4) is 0 Å². The lowest BCUT2D eigenvalue weighted by atomic mass is 10.1. The second-order valence-corrected chi connectivity index (χ2v) is 6.17. The molecule has 7 heteroatoms. The van der Waals surface area contributed by atoms with Gasteiger partial charge in [0.1, 0.15) is 4.91 Å². The van der Waals surface area contributed by atoms with E-state index in [9.17, 15) is 14.7 Å². The highest BCUT2D eigenvalue weighted by atomic mass is 32.2. The minimum atomic E-state index is -1.16. The Labute approximate surface area is 140 Å². The zero-order valence-electron chi connectivity index (χ0n) is 12.2. The molecule has 0 bridgehead atoms. The molecular weight excluding hydrogens is 326 g/mol. The van der Waals surface area contributed by atoms with Gasteiger partial charge in [-0.05, 0) is 30.0 Å². The van der Waals surface area contributed by atoms with E-state index in [4.69, 9.17) is 0 Å². The Morgan fingerprint density at radius 1 is 1.08 bits per heavy atom. The zero-order chi connectivity index (χ0) is 16.7. The molecule has 0 saturated heterocycles. The predicted molar refractivity (Wildman–Crippen MR) is 91.6 cm³/mol. The average molecular weight is 337 g/mol. The van der Waals surface area contributed by atoms with Crippen LogP contribution >= 0.6 is 11.8 Å². The van der Waals surface area contributed by atoms with Crippen LogP contribution in [0.2, 0.25) is 0 Å². The number of carboxylic acid groups (broad SMARTS) is 1. The van der Waals surface area contributed by atoms with Crippen molar-refractivity contribution in [3.63, 3.8) is 0 Å². The molecule has 1 aliphatic rings. The molecule has 0 unspecified atom stereocenters.